The van der Waals surface area contributed by atoms with E-state index in [2.05, 4.69) is 34.5 Å². The highest BCUT2D eigenvalue weighted by molar-refractivity contribution is 8.00. The first-order chi connectivity index (χ1) is 21.8. The standard InChI is InChI=1S/C34H28FN3O5S2/c1-4-43-26-15-14-21(17-27(26)42-3)29-28(30(39)22-13-12-19(2)25(35)16-22)31(40)32(41)38(29)33-36-37-34(45-33)44-18-23-10-7-9-20-8-5-6-11-24(20)23/h5-17,29,39H,4,18H2,1-3H3. The number of halogens is 1. The summed E-state index contributed by atoms with van der Waals surface area (Å²) in [5, 5.41) is 22.5. The molecule has 228 valence electrons. The molecule has 1 aliphatic heterocycles. The summed E-state index contributed by atoms with van der Waals surface area (Å²) in [6.45, 7) is 3.83. The SMILES string of the molecule is CCOc1ccc(C2C(=C(O)c3ccc(C)c(F)c3)C(=O)C(=O)N2c2nnc(SCc3cccc4ccccc34)s2)cc1OC. The largest absolute Gasteiger partial charge is 0.507 e. The topological polar surface area (TPSA) is 102 Å². The van der Waals surface area contributed by atoms with Gasteiger partial charge in [0.15, 0.2) is 15.8 Å². The van der Waals surface area contributed by atoms with Crippen LogP contribution >= 0.6 is 23.1 Å². The van der Waals surface area contributed by atoms with Crippen molar-refractivity contribution in [1.82, 2.24) is 10.2 Å². The van der Waals surface area contributed by atoms with E-state index in [0.717, 1.165) is 22.4 Å². The average molecular weight is 642 g/mol. The van der Waals surface area contributed by atoms with Crippen molar-refractivity contribution < 1.29 is 28.6 Å². The summed E-state index contributed by atoms with van der Waals surface area (Å²) in [4.78, 5) is 28.5. The number of aryl methyl sites for hydroxylation is 1. The van der Waals surface area contributed by atoms with Crippen molar-refractivity contribution >= 4 is 56.5 Å². The lowest BCUT2D eigenvalue weighted by Crippen LogP contribution is -2.29. The number of thioether (sulfide) groups is 1. The minimum absolute atomic E-state index is 0.0718. The third-order valence-corrected chi connectivity index (χ3v) is 9.63. The first-order valence-corrected chi connectivity index (χ1v) is 15.9. The summed E-state index contributed by atoms with van der Waals surface area (Å²) in [6.07, 6.45) is 0. The van der Waals surface area contributed by atoms with Crippen LogP contribution in [-0.4, -0.2) is 40.7 Å². The van der Waals surface area contributed by atoms with Crippen molar-refractivity contribution in [2.24, 2.45) is 0 Å². The molecule has 1 unspecified atom stereocenters. The number of methoxy groups -OCH3 is 1. The fraction of sp³-hybridized carbons (Fsp3) is 0.176. The zero-order chi connectivity index (χ0) is 31.7. The highest BCUT2D eigenvalue weighted by atomic mass is 32.2. The van der Waals surface area contributed by atoms with Crippen LogP contribution in [-0.2, 0) is 15.3 Å². The Balaban J connectivity index is 1.41. The number of ether oxygens (including phenoxy) is 2. The molecule has 0 bridgehead atoms. The molecule has 11 heteroatoms. The predicted octanol–water partition coefficient (Wildman–Crippen LogP) is 7.46. The lowest BCUT2D eigenvalue weighted by Gasteiger charge is -2.23. The summed E-state index contributed by atoms with van der Waals surface area (Å²) in [5.41, 5.74) is 1.84. The first-order valence-electron chi connectivity index (χ1n) is 14.1. The van der Waals surface area contributed by atoms with E-state index in [1.165, 1.54) is 47.2 Å². The summed E-state index contributed by atoms with van der Waals surface area (Å²) >= 11 is 2.64. The van der Waals surface area contributed by atoms with Crippen molar-refractivity contribution in [3.63, 3.8) is 0 Å². The number of Topliss-reactive ketones (excluding diaryl/α,β-unsaturated/α-hetero) is 1. The monoisotopic (exact) mass is 641 g/mol. The average Bonchev–Trinajstić information content (AvgIpc) is 3.62. The fourth-order valence-corrected chi connectivity index (χ4v) is 7.16. The highest BCUT2D eigenvalue weighted by Gasteiger charge is 2.48. The van der Waals surface area contributed by atoms with Crippen LogP contribution in [0.15, 0.2) is 88.8 Å². The zero-order valence-electron chi connectivity index (χ0n) is 24.6. The van der Waals surface area contributed by atoms with E-state index in [1.54, 1.807) is 25.1 Å². The molecule has 0 radical (unpaired) electrons. The van der Waals surface area contributed by atoms with Gasteiger partial charge in [-0.25, -0.2) is 4.39 Å². The maximum absolute atomic E-state index is 14.5. The number of nitrogens with zero attached hydrogens (tertiary/aromatic N) is 3. The summed E-state index contributed by atoms with van der Waals surface area (Å²) < 4.78 is 26.3. The molecule has 1 amide bonds. The van der Waals surface area contributed by atoms with Gasteiger partial charge in [-0.2, -0.15) is 0 Å². The van der Waals surface area contributed by atoms with Crippen molar-refractivity contribution in [2.45, 2.75) is 30.0 Å². The van der Waals surface area contributed by atoms with Crippen LogP contribution in [0.2, 0.25) is 0 Å². The molecule has 1 N–H and O–H groups in total. The van der Waals surface area contributed by atoms with Gasteiger partial charge in [0, 0.05) is 11.3 Å². The first kappa shape index (κ1) is 30.3. The number of fused-ring (bicyclic) bond motifs is 1. The maximum Gasteiger partial charge on any atom is 0.301 e. The number of rotatable bonds is 9. The number of aromatic nitrogens is 2. The molecule has 0 saturated carbocycles. The van der Waals surface area contributed by atoms with E-state index < -0.39 is 29.3 Å². The lowest BCUT2D eigenvalue weighted by molar-refractivity contribution is -0.132. The molecule has 4 aromatic carbocycles. The van der Waals surface area contributed by atoms with Gasteiger partial charge in [0.2, 0.25) is 5.13 Å². The van der Waals surface area contributed by atoms with Crippen LogP contribution in [0.3, 0.4) is 0 Å². The number of carbonyl (C=O) groups excluding carboxylic acids is 2. The van der Waals surface area contributed by atoms with Crippen molar-refractivity contribution in [1.29, 1.82) is 0 Å². The van der Waals surface area contributed by atoms with Gasteiger partial charge in [-0.1, -0.05) is 83.8 Å². The number of carbonyl (C=O) groups is 2. The molecule has 1 atom stereocenters. The second kappa shape index (κ2) is 12.7. The number of benzene rings is 4. The summed E-state index contributed by atoms with van der Waals surface area (Å²) in [6, 6.07) is 22.3. The summed E-state index contributed by atoms with van der Waals surface area (Å²) in [5.74, 6) is -1.38. The van der Waals surface area contributed by atoms with Gasteiger partial charge in [0.1, 0.15) is 11.6 Å². The quantitative estimate of drug-likeness (QED) is 0.0582. The molecule has 1 aromatic heterocycles. The Bertz CT molecular complexity index is 1970. The molecule has 45 heavy (non-hydrogen) atoms. The van der Waals surface area contributed by atoms with Crippen molar-refractivity contribution in [2.75, 3.05) is 18.6 Å². The normalized spacial score (nSPS) is 16.0. The number of hydrogen-bond acceptors (Lipinski definition) is 9. The minimum atomic E-state index is -1.09. The molecule has 1 aliphatic rings. The Morgan fingerprint density at radius 1 is 1.02 bits per heavy atom. The number of aliphatic hydroxyl groups excluding tert-OH is 1. The molecular weight excluding hydrogens is 614 g/mol. The van der Waals surface area contributed by atoms with E-state index in [0.29, 0.717) is 39.3 Å². The molecule has 0 spiro atoms. The number of aliphatic hydroxyl groups is 1. The summed E-state index contributed by atoms with van der Waals surface area (Å²) in [7, 11) is 1.48. The Kier molecular flexibility index (Phi) is 8.55. The molecule has 8 nitrogen and oxygen atoms in total. The van der Waals surface area contributed by atoms with E-state index in [1.807, 2.05) is 25.1 Å². The fourth-order valence-electron chi connectivity index (χ4n) is 5.29. The van der Waals surface area contributed by atoms with Crippen LogP contribution < -0.4 is 14.4 Å². The smallest absolute Gasteiger partial charge is 0.301 e. The van der Waals surface area contributed by atoms with Gasteiger partial charge in [-0.3, -0.25) is 14.5 Å². The predicted molar refractivity (Wildman–Crippen MR) is 174 cm³/mol. The molecule has 1 saturated heterocycles. The minimum Gasteiger partial charge on any atom is -0.507 e. The second-order valence-electron chi connectivity index (χ2n) is 10.3. The van der Waals surface area contributed by atoms with Crippen LogP contribution in [0, 0.1) is 12.7 Å². The van der Waals surface area contributed by atoms with Gasteiger partial charge in [-0.15, -0.1) is 10.2 Å². The van der Waals surface area contributed by atoms with Crippen LogP contribution in [0.4, 0.5) is 9.52 Å². The lowest BCUT2D eigenvalue weighted by atomic mass is 9.94. The molecule has 1 fully saturated rings. The van der Waals surface area contributed by atoms with Crippen LogP contribution in [0.1, 0.15) is 35.2 Å². The molecule has 0 aliphatic carbocycles. The molecular formula is C34H28FN3O5S2. The number of amides is 1. The van der Waals surface area contributed by atoms with E-state index in [4.69, 9.17) is 9.47 Å². The number of ketones is 1. The second-order valence-corrected chi connectivity index (χ2v) is 12.4. The van der Waals surface area contributed by atoms with Crippen LogP contribution in [0.25, 0.3) is 16.5 Å². The molecule has 5 aromatic rings. The molecule has 2 heterocycles. The maximum atomic E-state index is 14.5. The van der Waals surface area contributed by atoms with Gasteiger partial charge in [0.25, 0.3) is 5.78 Å². The Morgan fingerprint density at radius 3 is 2.60 bits per heavy atom. The zero-order valence-corrected chi connectivity index (χ0v) is 26.2. The van der Waals surface area contributed by atoms with Gasteiger partial charge >= 0.3 is 5.91 Å². The van der Waals surface area contributed by atoms with Crippen LogP contribution in [0.5, 0.6) is 11.5 Å². The number of hydrogen-bond donors (Lipinski definition) is 1. The van der Waals surface area contributed by atoms with E-state index >= 15 is 0 Å². The Morgan fingerprint density at radius 2 is 1.82 bits per heavy atom. The number of anilines is 1. The van der Waals surface area contributed by atoms with Crippen molar-refractivity contribution in [3.8, 4) is 11.5 Å². The van der Waals surface area contributed by atoms with Crippen molar-refractivity contribution in [3.05, 3.63) is 113 Å². The van der Waals surface area contributed by atoms with Gasteiger partial charge < -0.3 is 14.6 Å². The van der Waals surface area contributed by atoms with E-state index in [9.17, 15) is 19.1 Å². The van der Waals surface area contributed by atoms with E-state index in [-0.39, 0.29) is 16.3 Å². The highest BCUT2D eigenvalue weighted by Crippen LogP contribution is 2.46. The third-order valence-electron chi connectivity index (χ3n) is 7.53. The molecule has 6 rings (SSSR count). The third kappa shape index (κ3) is 5.76. The van der Waals surface area contributed by atoms with Gasteiger partial charge in [-0.05, 0) is 59.5 Å². The Labute approximate surface area is 267 Å². The van der Waals surface area contributed by atoms with Gasteiger partial charge in [0.05, 0.1) is 25.3 Å². The Hall–Kier alpha value is -4.74.